The lowest BCUT2D eigenvalue weighted by Gasteiger charge is -2.55. The largest absolute Gasteiger partial charge is 0.497 e. The summed E-state index contributed by atoms with van der Waals surface area (Å²) in [4.78, 5) is 6.64. The molecular weight excluding hydrogens is 374 g/mol. The van der Waals surface area contributed by atoms with Crippen molar-refractivity contribution in [3.8, 4) is 22.6 Å². The summed E-state index contributed by atoms with van der Waals surface area (Å²) < 4.78 is 10.8. The third kappa shape index (κ3) is 3.66. The molecule has 0 radical (unpaired) electrons. The van der Waals surface area contributed by atoms with Gasteiger partial charge in [-0.15, -0.1) is 0 Å². The van der Waals surface area contributed by atoms with Crippen molar-refractivity contribution in [3.05, 3.63) is 78.1 Å². The van der Waals surface area contributed by atoms with E-state index in [0.29, 0.717) is 18.0 Å². The number of piperazine rings is 1. The molecule has 3 aliphatic rings. The SMILES string of the molecule is COc1cc(CN2C[C@@H]3N[C@H](C2)C3c2ccc(-c3ccncc3)cc2)cc(OC)c1. The molecule has 1 unspecified atom stereocenters. The predicted octanol–water partition coefficient (Wildman–Crippen LogP) is 3.71. The second-order valence-corrected chi connectivity index (χ2v) is 8.18. The Hall–Kier alpha value is -2.89. The van der Waals surface area contributed by atoms with E-state index in [-0.39, 0.29) is 0 Å². The molecule has 3 aliphatic heterocycles. The van der Waals surface area contributed by atoms with Crippen molar-refractivity contribution in [1.29, 1.82) is 0 Å². The maximum Gasteiger partial charge on any atom is 0.122 e. The third-order valence-electron chi connectivity index (χ3n) is 6.33. The molecule has 5 nitrogen and oxygen atoms in total. The fourth-order valence-corrected chi connectivity index (χ4v) is 4.86. The summed E-state index contributed by atoms with van der Waals surface area (Å²) in [6.45, 7) is 3.01. The summed E-state index contributed by atoms with van der Waals surface area (Å²) in [6.07, 6.45) is 3.69. The van der Waals surface area contributed by atoms with Crippen LogP contribution in [0.4, 0.5) is 0 Å². The van der Waals surface area contributed by atoms with Crippen LogP contribution in [0.5, 0.6) is 11.5 Å². The van der Waals surface area contributed by atoms with Crippen molar-refractivity contribution in [2.75, 3.05) is 27.3 Å². The monoisotopic (exact) mass is 401 g/mol. The van der Waals surface area contributed by atoms with Crippen molar-refractivity contribution >= 4 is 0 Å². The van der Waals surface area contributed by atoms with Crippen LogP contribution < -0.4 is 14.8 Å². The minimum Gasteiger partial charge on any atom is -0.497 e. The van der Waals surface area contributed by atoms with E-state index in [1.807, 2.05) is 18.5 Å². The van der Waals surface area contributed by atoms with Gasteiger partial charge in [-0.25, -0.2) is 0 Å². The van der Waals surface area contributed by atoms with Gasteiger partial charge in [-0.2, -0.15) is 0 Å². The van der Waals surface area contributed by atoms with Crippen molar-refractivity contribution in [2.24, 2.45) is 0 Å². The standard InChI is InChI=1S/C25H27N3O2/c1-29-21-11-17(12-22(13-21)30-2)14-28-15-23-25(24(16-28)27-23)20-5-3-18(4-6-20)19-7-9-26-10-8-19/h3-13,23-25,27H,14-16H2,1-2H3/t23-,24+,25?. The van der Waals surface area contributed by atoms with Gasteiger partial charge >= 0.3 is 0 Å². The number of benzene rings is 2. The molecule has 3 saturated heterocycles. The van der Waals surface area contributed by atoms with E-state index in [0.717, 1.165) is 31.1 Å². The average Bonchev–Trinajstić information content (AvgIpc) is 2.80. The molecule has 1 aromatic heterocycles. The van der Waals surface area contributed by atoms with E-state index in [1.165, 1.54) is 22.3 Å². The van der Waals surface area contributed by atoms with E-state index in [4.69, 9.17) is 9.47 Å². The normalized spacial score (nSPS) is 22.9. The Bertz CT molecular complexity index is 972. The molecule has 1 N–H and O–H groups in total. The molecule has 3 fully saturated rings. The first-order valence-corrected chi connectivity index (χ1v) is 10.4. The maximum atomic E-state index is 5.42. The zero-order chi connectivity index (χ0) is 20.5. The minimum absolute atomic E-state index is 0.503. The van der Waals surface area contributed by atoms with Crippen LogP contribution in [-0.2, 0) is 6.54 Å². The Kier molecular flexibility index (Phi) is 5.15. The Morgan fingerprint density at radius 1 is 0.867 bits per heavy atom. The van der Waals surface area contributed by atoms with Crippen molar-refractivity contribution < 1.29 is 9.47 Å². The predicted molar refractivity (Wildman–Crippen MR) is 118 cm³/mol. The highest BCUT2D eigenvalue weighted by Crippen LogP contribution is 2.38. The van der Waals surface area contributed by atoms with E-state index >= 15 is 0 Å². The molecule has 0 aliphatic carbocycles. The van der Waals surface area contributed by atoms with Gasteiger partial charge in [-0.3, -0.25) is 9.88 Å². The fraction of sp³-hybridized carbons (Fsp3) is 0.320. The lowest BCUT2D eigenvalue weighted by atomic mass is 9.74. The van der Waals surface area contributed by atoms with Crippen LogP contribution in [0.3, 0.4) is 0 Å². The summed E-state index contributed by atoms with van der Waals surface area (Å²) in [5.74, 6) is 2.28. The molecule has 6 rings (SSSR count). The summed E-state index contributed by atoms with van der Waals surface area (Å²) >= 11 is 0. The second kappa shape index (κ2) is 8.09. The molecule has 2 aromatic carbocycles. The van der Waals surface area contributed by atoms with Crippen molar-refractivity contribution in [3.63, 3.8) is 0 Å². The lowest BCUT2D eigenvalue weighted by molar-refractivity contribution is 0.0470. The highest BCUT2D eigenvalue weighted by Gasteiger charge is 2.46. The van der Waals surface area contributed by atoms with Crippen molar-refractivity contribution in [1.82, 2.24) is 15.2 Å². The number of methoxy groups -OCH3 is 2. The van der Waals surface area contributed by atoms with Gasteiger partial charge in [0.25, 0.3) is 0 Å². The summed E-state index contributed by atoms with van der Waals surface area (Å²) in [5, 5.41) is 3.74. The second-order valence-electron chi connectivity index (χ2n) is 8.18. The number of ether oxygens (including phenoxy) is 2. The molecular formula is C25H27N3O2. The van der Waals surface area contributed by atoms with Crippen LogP contribution in [-0.4, -0.2) is 49.3 Å². The van der Waals surface area contributed by atoms with Gasteiger partial charge < -0.3 is 14.8 Å². The van der Waals surface area contributed by atoms with Gasteiger partial charge in [0.05, 0.1) is 14.2 Å². The number of hydrogen-bond acceptors (Lipinski definition) is 5. The van der Waals surface area contributed by atoms with Gasteiger partial charge in [0.2, 0.25) is 0 Å². The van der Waals surface area contributed by atoms with Crippen LogP contribution in [0.1, 0.15) is 17.0 Å². The molecule has 0 spiro atoms. The first kappa shape index (κ1) is 19.1. The minimum atomic E-state index is 0.503. The smallest absolute Gasteiger partial charge is 0.122 e. The van der Waals surface area contributed by atoms with E-state index in [2.05, 4.69) is 63.7 Å². The van der Waals surface area contributed by atoms with Gasteiger partial charge in [0.1, 0.15) is 11.5 Å². The zero-order valence-corrected chi connectivity index (χ0v) is 17.4. The first-order chi connectivity index (χ1) is 14.7. The van der Waals surface area contributed by atoms with Crippen LogP contribution >= 0.6 is 0 Å². The summed E-state index contributed by atoms with van der Waals surface area (Å²) in [7, 11) is 3.40. The number of pyridine rings is 1. The zero-order valence-electron chi connectivity index (χ0n) is 17.4. The van der Waals surface area contributed by atoms with E-state index in [9.17, 15) is 0 Å². The number of nitrogens with one attached hydrogen (secondary N) is 1. The maximum absolute atomic E-state index is 5.42. The molecule has 30 heavy (non-hydrogen) atoms. The Morgan fingerprint density at radius 3 is 2.07 bits per heavy atom. The lowest BCUT2D eigenvalue weighted by Crippen LogP contribution is -2.71. The number of nitrogens with zero attached hydrogens (tertiary/aromatic N) is 2. The molecule has 3 aromatic rings. The molecule has 4 heterocycles. The van der Waals surface area contributed by atoms with Gasteiger partial charge in [-0.1, -0.05) is 24.3 Å². The Balaban J connectivity index is 1.25. The number of aromatic nitrogens is 1. The Morgan fingerprint density at radius 2 is 1.47 bits per heavy atom. The third-order valence-corrected chi connectivity index (χ3v) is 6.33. The first-order valence-electron chi connectivity index (χ1n) is 10.4. The average molecular weight is 402 g/mol. The van der Waals surface area contributed by atoms with Crippen LogP contribution in [0.2, 0.25) is 0 Å². The molecule has 3 atom stereocenters. The van der Waals surface area contributed by atoms with Crippen LogP contribution in [0.25, 0.3) is 11.1 Å². The molecule has 2 bridgehead atoms. The molecule has 0 amide bonds. The van der Waals surface area contributed by atoms with Gasteiger partial charge in [-0.05, 0) is 46.5 Å². The quantitative estimate of drug-likeness (QED) is 0.682. The number of fused-ring (bicyclic) bond motifs is 2. The fourth-order valence-electron chi connectivity index (χ4n) is 4.86. The number of piperidine rings is 1. The van der Waals surface area contributed by atoms with Crippen LogP contribution in [0.15, 0.2) is 67.0 Å². The van der Waals surface area contributed by atoms with E-state index in [1.54, 1.807) is 14.2 Å². The van der Waals surface area contributed by atoms with E-state index < -0.39 is 0 Å². The molecule has 154 valence electrons. The molecule has 5 heteroatoms. The summed E-state index contributed by atoms with van der Waals surface area (Å²) in [5.41, 5.74) is 5.12. The molecule has 0 saturated carbocycles. The van der Waals surface area contributed by atoms with Crippen molar-refractivity contribution in [2.45, 2.75) is 24.5 Å². The number of rotatable bonds is 6. The van der Waals surface area contributed by atoms with Gasteiger partial charge in [0, 0.05) is 56.1 Å². The Labute approximate surface area is 177 Å². The highest BCUT2D eigenvalue weighted by molar-refractivity contribution is 5.63. The highest BCUT2D eigenvalue weighted by atomic mass is 16.5. The summed E-state index contributed by atoms with van der Waals surface area (Å²) in [6, 6.07) is 20.3. The van der Waals surface area contributed by atoms with Gasteiger partial charge in [0.15, 0.2) is 0 Å². The topological polar surface area (TPSA) is 46.6 Å². The van der Waals surface area contributed by atoms with Crippen LogP contribution in [0, 0.1) is 0 Å². The number of hydrogen-bond donors (Lipinski definition) is 1.